The number of nitrogens with two attached hydrogens (primary N) is 1. The minimum atomic E-state index is 0.366. The molecule has 0 bridgehead atoms. The Morgan fingerprint density at radius 1 is 1.18 bits per heavy atom. The molecule has 17 heavy (non-hydrogen) atoms. The lowest BCUT2D eigenvalue weighted by atomic mass is 9.96. The standard InChI is InChI=1S/C14H19N3/c1-8(2)12-13(16-17-14(12)15)11-6-5-9(3)10(4)7-11/h5-8H,1-4H3,(H3,15,16,17). The van der Waals surface area contributed by atoms with E-state index in [4.69, 9.17) is 5.73 Å². The number of nitrogen functional groups attached to an aromatic ring is 1. The van der Waals surface area contributed by atoms with E-state index >= 15 is 0 Å². The molecular formula is C14H19N3. The first-order valence-corrected chi connectivity index (χ1v) is 5.92. The summed E-state index contributed by atoms with van der Waals surface area (Å²) in [7, 11) is 0. The van der Waals surface area contributed by atoms with E-state index in [-0.39, 0.29) is 0 Å². The summed E-state index contributed by atoms with van der Waals surface area (Å²) in [5, 5.41) is 7.16. The molecule has 0 radical (unpaired) electrons. The molecule has 0 unspecified atom stereocenters. The second-order valence-corrected chi connectivity index (χ2v) is 4.85. The highest BCUT2D eigenvalue weighted by Crippen LogP contribution is 2.31. The van der Waals surface area contributed by atoms with E-state index in [9.17, 15) is 0 Å². The Morgan fingerprint density at radius 2 is 1.88 bits per heavy atom. The van der Waals surface area contributed by atoms with Gasteiger partial charge in [0.05, 0.1) is 5.69 Å². The van der Waals surface area contributed by atoms with Gasteiger partial charge in [0, 0.05) is 11.1 Å². The topological polar surface area (TPSA) is 54.7 Å². The SMILES string of the molecule is Cc1ccc(-c2[nH]nc(N)c2C(C)C)cc1C. The van der Waals surface area contributed by atoms with Gasteiger partial charge in [0.2, 0.25) is 0 Å². The highest BCUT2D eigenvalue weighted by Gasteiger charge is 2.15. The minimum Gasteiger partial charge on any atom is -0.382 e. The third-order valence-electron chi connectivity index (χ3n) is 3.21. The minimum absolute atomic E-state index is 0.366. The normalized spacial score (nSPS) is 11.1. The molecule has 0 aliphatic heterocycles. The fraction of sp³-hybridized carbons (Fsp3) is 0.357. The fourth-order valence-corrected chi connectivity index (χ4v) is 2.07. The molecule has 0 saturated heterocycles. The molecule has 0 fully saturated rings. The van der Waals surface area contributed by atoms with Crippen LogP contribution in [0.5, 0.6) is 0 Å². The third kappa shape index (κ3) is 2.05. The monoisotopic (exact) mass is 229 g/mol. The Morgan fingerprint density at radius 3 is 2.47 bits per heavy atom. The number of benzene rings is 1. The van der Waals surface area contributed by atoms with Gasteiger partial charge in [0.15, 0.2) is 0 Å². The van der Waals surface area contributed by atoms with Crippen LogP contribution in [0.15, 0.2) is 18.2 Å². The summed E-state index contributed by atoms with van der Waals surface area (Å²) in [6, 6.07) is 6.42. The molecule has 0 atom stereocenters. The van der Waals surface area contributed by atoms with Crippen LogP contribution in [-0.2, 0) is 0 Å². The Balaban J connectivity index is 2.56. The highest BCUT2D eigenvalue weighted by atomic mass is 15.2. The number of nitrogens with one attached hydrogen (secondary N) is 1. The number of aromatic amines is 1. The molecule has 3 N–H and O–H groups in total. The average molecular weight is 229 g/mol. The summed E-state index contributed by atoms with van der Waals surface area (Å²) < 4.78 is 0. The zero-order chi connectivity index (χ0) is 12.6. The summed E-state index contributed by atoms with van der Waals surface area (Å²) in [4.78, 5) is 0. The molecular weight excluding hydrogens is 210 g/mol. The first kappa shape index (κ1) is 11.7. The van der Waals surface area contributed by atoms with Gasteiger partial charge in [-0.3, -0.25) is 5.10 Å². The Kier molecular flexibility index (Phi) is 2.92. The van der Waals surface area contributed by atoms with Crippen molar-refractivity contribution >= 4 is 5.82 Å². The maximum atomic E-state index is 5.91. The largest absolute Gasteiger partial charge is 0.382 e. The van der Waals surface area contributed by atoms with Crippen LogP contribution in [0.4, 0.5) is 5.82 Å². The molecule has 3 nitrogen and oxygen atoms in total. The Bertz CT molecular complexity index is 538. The van der Waals surface area contributed by atoms with Crippen molar-refractivity contribution in [2.75, 3.05) is 5.73 Å². The average Bonchev–Trinajstić information content (AvgIpc) is 2.64. The summed E-state index contributed by atoms with van der Waals surface area (Å²) in [5.74, 6) is 0.971. The number of rotatable bonds is 2. The van der Waals surface area contributed by atoms with Crippen LogP contribution < -0.4 is 5.73 Å². The predicted octanol–water partition coefficient (Wildman–Crippen LogP) is 3.40. The molecule has 1 aromatic carbocycles. The van der Waals surface area contributed by atoms with Crippen LogP contribution >= 0.6 is 0 Å². The summed E-state index contributed by atoms with van der Waals surface area (Å²) in [5.41, 5.74) is 11.8. The van der Waals surface area contributed by atoms with Crippen LogP contribution in [0, 0.1) is 13.8 Å². The van der Waals surface area contributed by atoms with E-state index in [0.29, 0.717) is 11.7 Å². The quantitative estimate of drug-likeness (QED) is 0.829. The molecule has 0 aliphatic rings. The maximum absolute atomic E-state index is 5.91. The maximum Gasteiger partial charge on any atom is 0.149 e. The van der Waals surface area contributed by atoms with Gasteiger partial charge in [0.25, 0.3) is 0 Å². The van der Waals surface area contributed by atoms with Gasteiger partial charge in [-0.2, -0.15) is 5.10 Å². The van der Waals surface area contributed by atoms with Crippen molar-refractivity contribution in [1.82, 2.24) is 10.2 Å². The zero-order valence-corrected chi connectivity index (χ0v) is 10.8. The van der Waals surface area contributed by atoms with Crippen LogP contribution in [0.3, 0.4) is 0 Å². The van der Waals surface area contributed by atoms with Gasteiger partial charge in [-0.1, -0.05) is 26.0 Å². The number of nitrogens with zero attached hydrogens (tertiary/aromatic N) is 1. The molecule has 0 saturated carbocycles. The number of anilines is 1. The van der Waals surface area contributed by atoms with Gasteiger partial charge >= 0.3 is 0 Å². The van der Waals surface area contributed by atoms with Gasteiger partial charge in [0.1, 0.15) is 5.82 Å². The Labute approximate surface area is 102 Å². The molecule has 2 rings (SSSR count). The molecule has 90 valence electrons. The lowest BCUT2D eigenvalue weighted by Gasteiger charge is -2.09. The van der Waals surface area contributed by atoms with Crippen molar-refractivity contribution in [1.29, 1.82) is 0 Å². The summed E-state index contributed by atoms with van der Waals surface area (Å²) >= 11 is 0. The first-order valence-electron chi connectivity index (χ1n) is 5.92. The molecule has 2 aromatic rings. The van der Waals surface area contributed by atoms with Gasteiger partial charge in [-0.15, -0.1) is 0 Å². The number of hydrogen-bond donors (Lipinski definition) is 2. The van der Waals surface area contributed by atoms with Crippen LogP contribution in [0.25, 0.3) is 11.3 Å². The van der Waals surface area contributed by atoms with E-state index in [1.54, 1.807) is 0 Å². The van der Waals surface area contributed by atoms with Gasteiger partial charge < -0.3 is 5.73 Å². The van der Waals surface area contributed by atoms with Crippen LogP contribution in [0.2, 0.25) is 0 Å². The summed E-state index contributed by atoms with van der Waals surface area (Å²) in [6.07, 6.45) is 0. The third-order valence-corrected chi connectivity index (χ3v) is 3.21. The van der Waals surface area contributed by atoms with E-state index in [0.717, 1.165) is 16.8 Å². The number of aromatic nitrogens is 2. The zero-order valence-electron chi connectivity index (χ0n) is 10.8. The Hall–Kier alpha value is -1.77. The number of H-pyrrole nitrogens is 1. The molecule has 0 aliphatic carbocycles. The van der Waals surface area contributed by atoms with Crippen molar-refractivity contribution in [3.05, 3.63) is 34.9 Å². The molecule has 0 amide bonds. The second-order valence-electron chi connectivity index (χ2n) is 4.85. The van der Waals surface area contributed by atoms with E-state index in [1.807, 2.05) is 0 Å². The number of aryl methyl sites for hydroxylation is 2. The molecule has 0 spiro atoms. The van der Waals surface area contributed by atoms with Crippen LogP contribution in [-0.4, -0.2) is 10.2 Å². The van der Waals surface area contributed by atoms with E-state index in [1.165, 1.54) is 11.1 Å². The lowest BCUT2D eigenvalue weighted by molar-refractivity contribution is 0.873. The van der Waals surface area contributed by atoms with E-state index in [2.05, 4.69) is 56.1 Å². The van der Waals surface area contributed by atoms with Crippen molar-refractivity contribution in [2.24, 2.45) is 0 Å². The predicted molar refractivity (Wildman–Crippen MR) is 72.0 cm³/mol. The van der Waals surface area contributed by atoms with Crippen LogP contribution in [0.1, 0.15) is 36.5 Å². The number of hydrogen-bond acceptors (Lipinski definition) is 2. The fourth-order valence-electron chi connectivity index (χ4n) is 2.07. The van der Waals surface area contributed by atoms with Crippen molar-refractivity contribution < 1.29 is 0 Å². The first-order chi connectivity index (χ1) is 8.00. The summed E-state index contributed by atoms with van der Waals surface area (Å²) in [6.45, 7) is 8.49. The smallest absolute Gasteiger partial charge is 0.149 e. The molecule has 1 aromatic heterocycles. The second kappa shape index (κ2) is 4.24. The van der Waals surface area contributed by atoms with Gasteiger partial charge in [-0.05, 0) is 37.0 Å². The van der Waals surface area contributed by atoms with Crippen molar-refractivity contribution in [3.63, 3.8) is 0 Å². The molecule has 3 heteroatoms. The van der Waals surface area contributed by atoms with Crippen molar-refractivity contribution in [2.45, 2.75) is 33.6 Å². The van der Waals surface area contributed by atoms with Crippen molar-refractivity contribution in [3.8, 4) is 11.3 Å². The molecule has 1 heterocycles. The van der Waals surface area contributed by atoms with Gasteiger partial charge in [-0.25, -0.2) is 0 Å². The van der Waals surface area contributed by atoms with E-state index < -0.39 is 0 Å². The lowest BCUT2D eigenvalue weighted by Crippen LogP contribution is -1.95. The highest BCUT2D eigenvalue weighted by molar-refractivity contribution is 5.69.